The highest BCUT2D eigenvalue weighted by molar-refractivity contribution is 7.90. The second-order valence-electron chi connectivity index (χ2n) is 9.25. The van der Waals surface area contributed by atoms with Crippen molar-refractivity contribution in [3.05, 3.63) is 76.6 Å². The lowest BCUT2D eigenvalue weighted by molar-refractivity contribution is -0.143. The predicted octanol–water partition coefficient (Wildman–Crippen LogP) is 6.31. The van der Waals surface area contributed by atoms with E-state index in [2.05, 4.69) is 9.97 Å². The molecule has 0 spiro atoms. The lowest BCUT2D eigenvalue weighted by Gasteiger charge is -2.31. The molecule has 7 nitrogen and oxygen atoms in total. The normalized spacial score (nSPS) is 13.6. The van der Waals surface area contributed by atoms with Gasteiger partial charge < -0.3 is 15.4 Å². The first kappa shape index (κ1) is 32.8. The van der Waals surface area contributed by atoms with E-state index in [9.17, 15) is 47.9 Å². The summed E-state index contributed by atoms with van der Waals surface area (Å²) in [5.41, 5.74) is 0.824. The Bertz CT molecular complexity index is 1480. The third kappa shape index (κ3) is 8.62. The summed E-state index contributed by atoms with van der Waals surface area (Å²) >= 11 is 0. The van der Waals surface area contributed by atoms with E-state index in [1.54, 1.807) is 0 Å². The van der Waals surface area contributed by atoms with Crippen molar-refractivity contribution in [1.29, 1.82) is 0 Å². The summed E-state index contributed by atoms with van der Waals surface area (Å²) in [5, 5.41) is 0. The molecule has 0 saturated heterocycles. The molecule has 230 valence electrons. The van der Waals surface area contributed by atoms with Crippen LogP contribution in [0.2, 0.25) is 0 Å². The van der Waals surface area contributed by atoms with Crippen LogP contribution in [0.5, 0.6) is 5.75 Å². The van der Waals surface area contributed by atoms with Crippen molar-refractivity contribution < 1.29 is 52.7 Å². The number of nitrogen functional groups attached to an aromatic ring is 1. The average Bonchev–Trinajstić information content (AvgIpc) is 2.85. The predicted molar refractivity (Wildman–Crippen MR) is 134 cm³/mol. The highest BCUT2D eigenvalue weighted by atomic mass is 32.2. The van der Waals surface area contributed by atoms with Crippen molar-refractivity contribution in [1.82, 2.24) is 9.97 Å². The van der Waals surface area contributed by atoms with E-state index >= 15 is 0 Å². The Balaban J connectivity index is 2.10. The van der Waals surface area contributed by atoms with Gasteiger partial charge in [-0.05, 0) is 54.4 Å². The van der Waals surface area contributed by atoms with Crippen molar-refractivity contribution in [2.75, 3.05) is 29.2 Å². The van der Waals surface area contributed by atoms with Crippen LogP contribution in [0.4, 0.5) is 51.1 Å². The van der Waals surface area contributed by atoms with Gasteiger partial charge in [0, 0.05) is 18.5 Å². The highest BCUT2D eigenvalue weighted by Crippen LogP contribution is 2.39. The Morgan fingerprint density at radius 2 is 1.38 bits per heavy atom. The van der Waals surface area contributed by atoms with E-state index in [4.69, 9.17) is 10.5 Å². The van der Waals surface area contributed by atoms with Crippen molar-refractivity contribution >= 4 is 21.5 Å². The van der Waals surface area contributed by atoms with Crippen molar-refractivity contribution in [3.63, 3.8) is 0 Å². The van der Waals surface area contributed by atoms with Crippen molar-refractivity contribution in [2.24, 2.45) is 0 Å². The van der Waals surface area contributed by atoms with Crippen LogP contribution < -0.4 is 15.4 Å². The quantitative estimate of drug-likeness (QED) is 0.219. The Hall–Kier alpha value is -3.76. The maximum atomic E-state index is 13.5. The fourth-order valence-corrected chi connectivity index (χ4v) is 4.11. The van der Waals surface area contributed by atoms with Crippen LogP contribution in [0.1, 0.15) is 40.8 Å². The number of nitrogens with two attached hydrogens (primary N) is 1. The van der Waals surface area contributed by atoms with Crippen LogP contribution in [0, 0.1) is 0 Å². The lowest BCUT2D eigenvalue weighted by Crippen LogP contribution is -2.29. The highest BCUT2D eigenvalue weighted by Gasteiger charge is 2.38. The molecular formula is C25H23F9N4O3S. The first-order valence-corrected chi connectivity index (χ1v) is 13.9. The SMILES string of the molecule is C[C@@H](c1cc(C(F)(F)F)cc(C(F)(F)F)c1)N(Cc1cc(C(F)(F)F)ccc1N)c1ncc(OCCS(C)(=O)=O)cn1. The Labute approximate surface area is 234 Å². The first-order chi connectivity index (χ1) is 19.1. The van der Waals surface area contributed by atoms with E-state index in [0.717, 1.165) is 29.6 Å². The number of rotatable bonds is 9. The maximum Gasteiger partial charge on any atom is 0.416 e. The monoisotopic (exact) mass is 630 g/mol. The van der Waals surface area contributed by atoms with Gasteiger partial charge in [0.25, 0.3) is 0 Å². The lowest BCUT2D eigenvalue weighted by atomic mass is 9.98. The first-order valence-electron chi connectivity index (χ1n) is 11.8. The minimum atomic E-state index is -5.15. The summed E-state index contributed by atoms with van der Waals surface area (Å²) in [6, 6.07) is 1.95. The van der Waals surface area contributed by atoms with Gasteiger partial charge in [-0.25, -0.2) is 18.4 Å². The van der Waals surface area contributed by atoms with E-state index in [0.29, 0.717) is 24.3 Å². The molecule has 0 radical (unpaired) electrons. The van der Waals surface area contributed by atoms with Gasteiger partial charge in [0.15, 0.2) is 15.6 Å². The summed E-state index contributed by atoms with van der Waals surface area (Å²) in [6.45, 7) is 0.398. The number of alkyl halides is 9. The third-order valence-corrected chi connectivity index (χ3v) is 6.87. The molecule has 2 N–H and O–H groups in total. The summed E-state index contributed by atoms with van der Waals surface area (Å²) in [5.74, 6) is -0.670. The zero-order chi connectivity index (χ0) is 31.7. The smallest absolute Gasteiger partial charge is 0.416 e. The number of nitrogens with zero attached hydrogens (tertiary/aromatic N) is 3. The number of hydrogen-bond donors (Lipinski definition) is 1. The van der Waals surface area contributed by atoms with Crippen LogP contribution >= 0.6 is 0 Å². The molecule has 0 unspecified atom stereocenters. The summed E-state index contributed by atoms with van der Waals surface area (Å²) < 4.78 is 149. The van der Waals surface area contributed by atoms with Gasteiger partial charge in [-0.3, -0.25) is 0 Å². The van der Waals surface area contributed by atoms with Gasteiger partial charge in [-0.15, -0.1) is 0 Å². The zero-order valence-electron chi connectivity index (χ0n) is 21.8. The van der Waals surface area contributed by atoms with Crippen molar-refractivity contribution in [3.8, 4) is 5.75 Å². The van der Waals surface area contributed by atoms with Crippen LogP contribution in [-0.4, -0.2) is 37.0 Å². The summed E-state index contributed by atoms with van der Waals surface area (Å²) in [7, 11) is -3.36. The number of benzene rings is 2. The number of sulfone groups is 1. The second kappa shape index (κ2) is 11.9. The minimum absolute atomic E-state index is 0.0213. The molecule has 0 aliphatic heterocycles. The number of aromatic nitrogens is 2. The fraction of sp³-hybridized carbons (Fsp3) is 0.360. The summed E-state index contributed by atoms with van der Waals surface area (Å²) in [4.78, 5) is 9.10. The van der Waals surface area contributed by atoms with Crippen LogP contribution in [0.25, 0.3) is 0 Å². The molecule has 1 aromatic heterocycles. The Morgan fingerprint density at radius 3 is 1.86 bits per heavy atom. The molecular weight excluding hydrogens is 607 g/mol. The molecule has 0 fully saturated rings. The van der Waals surface area contributed by atoms with Crippen LogP contribution in [0.15, 0.2) is 48.8 Å². The minimum Gasteiger partial charge on any atom is -0.489 e. The van der Waals surface area contributed by atoms with Gasteiger partial charge in [0.1, 0.15) is 6.61 Å². The molecule has 2 aromatic carbocycles. The van der Waals surface area contributed by atoms with Gasteiger partial charge in [-0.2, -0.15) is 39.5 Å². The van der Waals surface area contributed by atoms with Crippen molar-refractivity contribution in [2.45, 2.75) is 38.0 Å². The molecule has 0 aliphatic rings. The van der Waals surface area contributed by atoms with Gasteiger partial charge in [0.05, 0.1) is 40.9 Å². The number of ether oxygens (including phenoxy) is 1. The van der Waals surface area contributed by atoms with Gasteiger partial charge in [0.2, 0.25) is 5.95 Å². The molecule has 1 atom stereocenters. The molecule has 17 heteroatoms. The molecule has 42 heavy (non-hydrogen) atoms. The third-order valence-electron chi connectivity index (χ3n) is 5.97. The molecule has 0 amide bonds. The maximum absolute atomic E-state index is 13.5. The number of halogens is 9. The molecule has 3 rings (SSSR count). The van der Waals surface area contributed by atoms with E-state index in [-0.39, 0.29) is 41.4 Å². The zero-order valence-corrected chi connectivity index (χ0v) is 22.6. The molecule has 0 bridgehead atoms. The second-order valence-corrected chi connectivity index (χ2v) is 11.5. The van der Waals surface area contributed by atoms with Crippen LogP contribution in [-0.2, 0) is 34.9 Å². The molecule has 1 heterocycles. The summed E-state index contributed by atoms with van der Waals surface area (Å²) in [6.07, 6.45) is -12.0. The van der Waals surface area contributed by atoms with Gasteiger partial charge in [-0.1, -0.05) is 0 Å². The topological polar surface area (TPSA) is 98.4 Å². The fourth-order valence-electron chi connectivity index (χ4n) is 3.73. The Kier molecular flexibility index (Phi) is 9.24. The molecule has 0 saturated carbocycles. The number of anilines is 2. The molecule has 0 aliphatic carbocycles. The van der Waals surface area contributed by atoms with Crippen LogP contribution in [0.3, 0.4) is 0 Å². The standard InChI is InChI=1S/C25H23F9N4O3S/c1-14(15-7-18(24(29,30)31)10-19(8-15)25(32,33)34)38(13-16-9-17(23(26,27)28)3-4-21(16)35)22-36-11-20(12-37-22)41-5-6-42(2,39)40/h3-4,7-12,14H,5-6,13,35H2,1-2H3/t14-/m0/s1. The largest absolute Gasteiger partial charge is 0.489 e. The average molecular weight is 631 g/mol. The molecule has 3 aromatic rings. The van der Waals surface area contributed by atoms with E-state index < -0.39 is 63.2 Å². The Morgan fingerprint density at radius 1 is 0.857 bits per heavy atom. The van der Waals surface area contributed by atoms with E-state index in [1.807, 2.05) is 0 Å². The van der Waals surface area contributed by atoms with E-state index in [1.165, 1.54) is 6.92 Å². The van der Waals surface area contributed by atoms with Gasteiger partial charge >= 0.3 is 18.5 Å². The number of hydrogen-bond acceptors (Lipinski definition) is 7.